The van der Waals surface area contributed by atoms with Crippen LogP contribution >= 0.6 is 0 Å². The first-order valence-electron chi connectivity index (χ1n) is 8.12. The number of hydrogen-bond donors (Lipinski definition) is 2. The molecule has 1 aliphatic carbocycles. The fourth-order valence-corrected chi connectivity index (χ4v) is 2.92. The van der Waals surface area contributed by atoms with Crippen molar-refractivity contribution < 1.29 is 17.6 Å². The summed E-state index contributed by atoms with van der Waals surface area (Å²) in [5.74, 6) is 1.79. The van der Waals surface area contributed by atoms with Crippen molar-refractivity contribution in [2.24, 2.45) is 4.99 Å². The van der Waals surface area contributed by atoms with Crippen LogP contribution in [0.15, 0.2) is 52.1 Å². The number of nitrogens with zero attached hydrogens (tertiary/aromatic N) is 1. The van der Waals surface area contributed by atoms with E-state index >= 15 is 0 Å². The van der Waals surface area contributed by atoms with Gasteiger partial charge in [0, 0.05) is 13.1 Å². The van der Waals surface area contributed by atoms with E-state index < -0.39 is 11.7 Å². The van der Waals surface area contributed by atoms with E-state index in [9.17, 15) is 13.2 Å². The lowest BCUT2D eigenvalue weighted by atomic mass is 9.76. The lowest BCUT2D eigenvalue weighted by molar-refractivity contribution is -0.137. The van der Waals surface area contributed by atoms with Crippen LogP contribution in [0, 0.1) is 0 Å². The van der Waals surface area contributed by atoms with Crippen LogP contribution < -0.4 is 10.6 Å². The second kappa shape index (κ2) is 7.21. The SMILES string of the molecule is CN=C(NCc1ccco1)NC1CC(c2ccc(C(F)(F)F)cc2)C1. The first kappa shape index (κ1) is 17.4. The normalized spacial score (nSPS) is 20.9. The molecule has 0 unspecified atom stereocenters. The average Bonchev–Trinajstić information content (AvgIpc) is 3.06. The van der Waals surface area contributed by atoms with E-state index in [-0.39, 0.29) is 12.0 Å². The van der Waals surface area contributed by atoms with Crippen LogP contribution in [0.5, 0.6) is 0 Å². The van der Waals surface area contributed by atoms with Gasteiger partial charge in [0.05, 0.1) is 18.4 Å². The van der Waals surface area contributed by atoms with Crippen molar-refractivity contribution in [2.75, 3.05) is 7.05 Å². The second-order valence-corrected chi connectivity index (χ2v) is 6.13. The van der Waals surface area contributed by atoms with Crippen LogP contribution in [-0.4, -0.2) is 19.0 Å². The molecule has 1 saturated carbocycles. The van der Waals surface area contributed by atoms with Crippen LogP contribution in [0.4, 0.5) is 13.2 Å². The number of alkyl halides is 3. The van der Waals surface area contributed by atoms with E-state index in [1.165, 1.54) is 0 Å². The third kappa shape index (κ3) is 4.35. The first-order valence-corrected chi connectivity index (χ1v) is 8.12. The molecule has 4 nitrogen and oxygen atoms in total. The van der Waals surface area contributed by atoms with Gasteiger partial charge in [-0.15, -0.1) is 0 Å². The molecule has 1 heterocycles. The predicted octanol–water partition coefficient (Wildman–Crippen LogP) is 3.91. The molecule has 1 aromatic heterocycles. The standard InChI is InChI=1S/C18H20F3N3O/c1-22-17(23-11-16-3-2-8-25-16)24-15-9-13(10-15)12-4-6-14(7-5-12)18(19,20)21/h2-8,13,15H,9-11H2,1H3,(H2,22,23,24). The maximum Gasteiger partial charge on any atom is 0.416 e. The number of rotatable bonds is 4. The Morgan fingerprint density at radius 1 is 1.20 bits per heavy atom. The van der Waals surface area contributed by atoms with Crippen molar-refractivity contribution in [2.45, 2.75) is 37.5 Å². The highest BCUT2D eigenvalue weighted by Gasteiger charge is 2.33. The number of aliphatic imine (C=N–C) groups is 1. The topological polar surface area (TPSA) is 49.6 Å². The Kier molecular flexibility index (Phi) is 5.01. The highest BCUT2D eigenvalue weighted by atomic mass is 19.4. The molecule has 0 bridgehead atoms. The largest absolute Gasteiger partial charge is 0.467 e. The smallest absolute Gasteiger partial charge is 0.416 e. The molecule has 7 heteroatoms. The quantitative estimate of drug-likeness (QED) is 0.649. The summed E-state index contributed by atoms with van der Waals surface area (Å²) in [6, 6.07) is 9.43. The average molecular weight is 351 g/mol. The Bertz CT molecular complexity index is 702. The van der Waals surface area contributed by atoms with Crippen LogP contribution in [-0.2, 0) is 12.7 Å². The van der Waals surface area contributed by atoms with Gasteiger partial charge in [-0.2, -0.15) is 13.2 Å². The van der Waals surface area contributed by atoms with Crippen molar-refractivity contribution in [1.29, 1.82) is 0 Å². The van der Waals surface area contributed by atoms with Gasteiger partial charge >= 0.3 is 6.18 Å². The monoisotopic (exact) mass is 351 g/mol. The lowest BCUT2D eigenvalue weighted by Gasteiger charge is -2.37. The summed E-state index contributed by atoms with van der Waals surface area (Å²) in [6.07, 6.45) is -0.929. The molecule has 2 aromatic rings. The summed E-state index contributed by atoms with van der Waals surface area (Å²) in [4.78, 5) is 4.17. The van der Waals surface area contributed by atoms with Gasteiger partial charge in [-0.3, -0.25) is 4.99 Å². The van der Waals surface area contributed by atoms with Gasteiger partial charge in [-0.05, 0) is 48.6 Å². The maximum absolute atomic E-state index is 12.6. The summed E-state index contributed by atoms with van der Waals surface area (Å²) in [6.45, 7) is 0.543. The van der Waals surface area contributed by atoms with Crippen LogP contribution in [0.25, 0.3) is 0 Å². The van der Waals surface area contributed by atoms with Crippen LogP contribution in [0.1, 0.15) is 35.6 Å². The van der Waals surface area contributed by atoms with E-state index in [4.69, 9.17) is 4.42 Å². The fourth-order valence-electron chi connectivity index (χ4n) is 2.92. The Balaban J connectivity index is 1.47. The Morgan fingerprint density at radius 3 is 2.48 bits per heavy atom. The molecular weight excluding hydrogens is 331 g/mol. The van der Waals surface area contributed by atoms with Crippen molar-refractivity contribution in [1.82, 2.24) is 10.6 Å². The van der Waals surface area contributed by atoms with Crippen molar-refractivity contribution >= 4 is 5.96 Å². The predicted molar refractivity (Wildman–Crippen MR) is 89.2 cm³/mol. The molecule has 0 atom stereocenters. The molecule has 0 amide bonds. The zero-order chi connectivity index (χ0) is 17.9. The molecule has 1 aromatic carbocycles. The van der Waals surface area contributed by atoms with Gasteiger partial charge in [-0.25, -0.2) is 0 Å². The fraction of sp³-hybridized carbons (Fsp3) is 0.389. The van der Waals surface area contributed by atoms with Gasteiger partial charge in [0.1, 0.15) is 5.76 Å². The number of halogens is 3. The van der Waals surface area contributed by atoms with E-state index in [0.29, 0.717) is 12.5 Å². The summed E-state index contributed by atoms with van der Waals surface area (Å²) in [7, 11) is 1.70. The van der Waals surface area contributed by atoms with E-state index in [2.05, 4.69) is 15.6 Å². The van der Waals surface area contributed by atoms with Crippen LogP contribution in [0.2, 0.25) is 0 Å². The van der Waals surface area contributed by atoms with Crippen molar-refractivity contribution in [3.05, 3.63) is 59.5 Å². The molecule has 1 aliphatic rings. The minimum atomic E-state index is -4.28. The molecular formula is C18H20F3N3O. The minimum Gasteiger partial charge on any atom is -0.467 e. The zero-order valence-corrected chi connectivity index (χ0v) is 13.8. The maximum atomic E-state index is 12.6. The molecule has 0 saturated heterocycles. The summed E-state index contributed by atoms with van der Waals surface area (Å²) < 4.78 is 43.1. The molecule has 134 valence electrons. The van der Waals surface area contributed by atoms with E-state index in [0.717, 1.165) is 36.3 Å². The minimum absolute atomic E-state index is 0.259. The highest BCUT2D eigenvalue weighted by molar-refractivity contribution is 5.80. The van der Waals surface area contributed by atoms with Gasteiger partial charge in [0.15, 0.2) is 5.96 Å². The third-order valence-electron chi connectivity index (χ3n) is 4.42. The molecule has 25 heavy (non-hydrogen) atoms. The number of guanidine groups is 1. The number of benzene rings is 1. The van der Waals surface area contributed by atoms with Gasteiger partial charge in [0.25, 0.3) is 0 Å². The van der Waals surface area contributed by atoms with Crippen LogP contribution in [0.3, 0.4) is 0 Å². The summed E-state index contributed by atoms with van der Waals surface area (Å²) >= 11 is 0. The van der Waals surface area contributed by atoms with Crippen molar-refractivity contribution in [3.8, 4) is 0 Å². The number of furan rings is 1. The molecule has 1 fully saturated rings. The second-order valence-electron chi connectivity index (χ2n) is 6.13. The lowest BCUT2D eigenvalue weighted by Crippen LogP contribution is -2.48. The van der Waals surface area contributed by atoms with E-state index in [1.807, 2.05) is 12.1 Å². The first-order chi connectivity index (χ1) is 12.0. The molecule has 2 N–H and O–H groups in total. The Labute approximate surface area is 144 Å². The summed E-state index contributed by atoms with van der Waals surface area (Å²) in [5.41, 5.74) is 0.345. The molecule has 0 radical (unpaired) electrons. The van der Waals surface area contributed by atoms with Gasteiger partial charge in [-0.1, -0.05) is 12.1 Å². The highest BCUT2D eigenvalue weighted by Crippen LogP contribution is 2.38. The number of nitrogens with one attached hydrogen (secondary N) is 2. The van der Waals surface area contributed by atoms with Gasteiger partial charge < -0.3 is 15.1 Å². The Morgan fingerprint density at radius 2 is 1.92 bits per heavy atom. The summed E-state index contributed by atoms with van der Waals surface area (Å²) in [5, 5.41) is 6.49. The number of hydrogen-bond acceptors (Lipinski definition) is 2. The Hall–Kier alpha value is -2.44. The van der Waals surface area contributed by atoms with Crippen molar-refractivity contribution in [3.63, 3.8) is 0 Å². The third-order valence-corrected chi connectivity index (χ3v) is 4.42. The molecule has 3 rings (SSSR count). The molecule has 0 spiro atoms. The van der Waals surface area contributed by atoms with Gasteiger partial charge in [0.2, 0.25) is 0 Å². The zero-order valence-electron chi connectivity index (χ0n) is 13.8. The molecule has 0 aliphatic heterocycles. The van der Waals surface area contributed by atoms with E-state index in [1.54, 1.807) is 25.4 Å².